The summed E-state index contributed by atoms with van der Waals surface area (Å²) in [6.07, 6.45) is 2.25. The van der Waals surface area contributed by atoms with Gasteiger partial charge in [-0.25, -0.2) is 4.98 Å². The minimum absolute atomic E-state index is 0.0195. The summed E-state index contributed by atoms with van der Waals surface area (Å²) >= 11 is 0. The van der Waals surface area contributed by atoms with Crippen LogP contribution in [0.25, 0.3) is 0 Å². The van der Waals surface area contributed by atoms with E-state index in [1.165, 1.54) is 0 Å². The number of hydrogen-bond donors (Lipinski definition) is 7. The lowest BCUT2D eigenvalue weighted by Gasteiger charge is -2.12. The molecular formula is C22H37N7O4. The van der Waals surface area contributed by atoms with E-state index >= 15 is 0 Å². The molecule has 11 nitrogen and oxygen atoms in total. The fourth-order valence-corrected chi connectivity index (χ4v) is 2.25. The average Bonchev–Trinajstić information content (AvgIpc) is 2.80. The summed E-state index contributed by atoms with van der Waals surface area (Å²) in [7, 11) is 0. The highest BCUT2D eigenvalue weighted by Gasteiger charge is 2.14. The predicted molar refractivity (Wildman–Crippen MR) is 132 cm³/mol. The number of anilines is 4. The summed E-state index contributed by atoms with van der Waals surface area (Å²) in [6, 6.07) is 9.30. The zero-order valence-corrected chi connectivity index (χ0v) is 19.3. The highest BCUT2D eigenvalue weighted by molar-refractivity contribution is 5.94. The van der Waals surface area contributed by atoms with Gasteiger partial charge in [0.05, 0.1) is 30.4 Å². The van der Waals surface area contributed by atoms with Crippen LogP contribution in [0.5, 0.6) is 5.75 Å². The Morgan fingerprint density at radius 3 is 2.30 bits per heavy atom. The Kier molecular flexibility index (Phi) is 15.4. The predicted octanol–water partition coefficient (Wildman–Crippen LogP) is 1.22. The van der Waals surface area contributed by atoms with Gasteiger partial charge >= 0.3 is 5.97 Å². The SMILES string of the molecule is CC.NCCCCC(N)C(=O)Nc1ccc(N)c(N)n1.Nc1ccccc1OC(=O)CCO. The van der Waals surface area contributed by atoms with Crippen molar-refractivity contribution >= 4 is 34.9 Å². The van der Waals surface area contributed by atoms with E-state index in [9.17, 15) is 9.59 Å². The Morgan fingerprint density at radius 2 is 1.73 bits per heavy atom. The summed E-state index contributed by atoms with van der Waals surface area (Å²) in [5.74, 6) is 0.0931. The van der Waals surface area contributed by atoms with Crippen LogP contribution in [0.2, 0.25) is 0 Å². The normalized spacial score (nSPS) is 10.6. The Morgan fingerprint density at radius 1 is 1.06 bits per heavy atom. The van der Waals surface area contributed by atoms with Gasteiger partial charge in [-0.05, 0) is 43.7 Å². The number of aliphatic hydroxyl groups is 1. The molecule has 0 bridgehead atoms. The number of carbonyl (C=O) groups excluding carboxylic acids is 2. The fourth-order valence-electron chi connectivity index (χ4n) is 2.25. The molecule has 0 spiro atoms. The standard InChI is InChI=1S/C11H20N6O.C9H11NO3.C2H6/c12-6-2-1-3-8(14)11(18)17-9-5-4-7(13)10(15)16-9;10-7-3-1-2-4-8(7)13-9(12)5-6-11;1-2/h4-5,8H,1-3,6,12-14H2,(H3,15,16,17,18);1-4,11H,5-6,10H2;1-2H3. The van der Waals surface area contributed by atoms with Crippen molar-refractivity contribution in [3.05, 3.63) is 36.4 Å². The number of rotatable bonds is 9. The van der Waals surface area contributed by atoms with Gasteiger partial charge < -0.3 is 43.8 Å². The van der Waals surface area contributed by atoms with Crippen LogP contribution in [0.15, 0.2) is 36.4 Å². The number of unbranched alkanes of at least 4 members (excludes halogenated alkanes) is 1. The Labute approximate surface area is 194 Å². The first-order chi connectivity index (χ1) is 15.8. The topological polar surface area (TPSA) is 219 Å². The van der Waals surface area contributed by atoms with Crippen molar-refractivity contribution < 1.29 is 19.4 Å². The lowest BCUT2D eigenvalue weighted by Crippen LogP contribution is -2.35. The van der Waals surface area contributed by atoms with Gasteiger partial charge in [0.15, 0.2) is 5.75 Å². The van der Waals surface area contributed by atoms with Gasteiger partial charge in [-0.15, -0.1) is 0 Å². The van der Waals surface area contributed by atoms with Crippen molar-refractivity contribution in [3.8, 4) is 5.75 Å². The van der Waals surface area contributed by atoms with E-state index in [1.54, 1.807) is 36.4 Å². The van der Waals surface area contributed by atoms with E-state index < -0.39 is 12.0 Å². The van der Waals surface area contributed by atoms with Crippen LogP contribution >= 0.6 is 0 Å². The van der Waals surface area contributed by atoms with Crippen LogP contribution in [0.3, 0.4) is 0 Å². The molecule has 11 heteroatoms. The van der Waals surface area contributed by atoms with Gasteiger partial charge in [0.25, 0.3) is 0 Å². The van der Waals surface area contributed by atoms with Crippen molar-refractivity contribution in [2.45, 2.75) is 45.6 Å². The number of nitrogens with one attached hydrogen (secondary N) is 1. The van der Waals surface area contributed by atoms with Crippen molar-refractivity contribution in [1.82, 2.24) is 4.98 Å². The Balaban J connectivity index is 0.000000602. The Bertz CT molecular complexity index is 849. The maximum Gasteiger partial charge on any atom is 0.313 e. The van der Waals surface area contributed by atoms with Crippen LogP contribution in [0.1, 0.15) is 39.5 Å². The van der Waals surface area contributed by atoms with Gasteiger partial charge in [0.1, 0.15) is 11.6 Å². The molecule has 1 aromatic carbocycles. The van der Waals surface area contributed by atoms with Gasteiger partial charge in [-0.3, -0.25) is 9.59 Å². The van der Waals surface area contributed by atoms with E-state index in [0.29, 0.717) is 35.9 Å². The number of nitrogens with zero attached hydrogens (tertiary/aromatic N) is 1. The van der Waals surface area contributed by atoms with Crippen molar-refractivity contribution in [2.24, 2.45) is 11.5 Å². The third kappa shape index (κ3) is 12.3. The van der Waals surface area contributed by atoms with E-state index in [1.807, 2.05) is 13.8 Å². The smallest absolute Gasteiger partial charge is 0.313 e. The molecule has 0 radical (unpaired) electrons. The number of aliphatic hydroxyl groups excluding tert-OH is 1. The number of nitrogens with two attached hydrogens (primary N) is 5. The van der Waals surface area contributed by atoms with Crippen LogP contribution in [0.4, 0.5) is 23.0 Å². The molecule has 2 aromatic rings. The monoisotopic (exact) mass is 463 g/mol. The lowest BCUT2D eigenvalue weighted by atomic mass is 10.1. The third-order valence-electron chi connectivity index (χ3n) is 3.97. The molecule has 1 heterocycles. The summed E-state index contributed by atoms with van der Waals surface area (Å²) < 4.78 is 4.86. The molecule has 184 valence electrons. The first-order valence-electron chi connectivity index (χ1n) is 10.7. The van der Waals surface area contributed by atoms with Gasteiger partial charge in [0, 0.05) is 0 Å². The molecule has 1 amide bonds. The summed E-state index contributed by atoms with van der Waals surface area (Å²) in [6.45, 7) is 4.38. The van der Waals surface area contributed by atoms with Crippen LogP contribution in [0, 0.1) is 0 Å². The van der Waals surface area contributed by atoms with Crippen LogP contribution in [-0.2, 0) is 9.59 Å². The zero-order valence-electron chi connectivity index (χ0n) is 19.3. The number of ether oxygens (including phenoxy) is 1. The van der Waals surface area contributed by atoms with Crippen molar-refractivity contribution in [3.63, 3.8) is 0 Å². The molecule has 0 fully saturated rings. The first kappa shape index (κ1) is 29.6. The summed E-state index contributed by atoms with van der Waals surface area (Å²) in [5, 5.41) is 11.0. The number of nitrogen functional groups attached to an aromatic ring is 3. The van der Waals surface area contributed by atoms with E-state index in [2.05, 4.69) is 10.3 Å². The molecule has 1 atom stereocenters. The Hall–Kier alpha value is -3.41. The molecule has 0 saturated carbocycles. The minimum atomic E-state index is -0.572. The second kappa shape index (κ2) is 17.2. The average molecular weight is 464 g/mol. The molecule has 1 aromatic heterocycles. The number of hydrogen-bond acceptors (Lipinski definition) is 10. The molecule has 0 saturated heterocycles. The fraction of sp³-hybridized carbons (Fsp3) is 0.409. The number of aromatic nitrogens is 1. The second-order valence-corrected chi connectivity index (χ2v) is 6.54. The van der Waals surface area contributed by atoms with E-state index in [4.69, 9.17) is 38.5 Å². The van der Waals surface area contributed by atoms with Crippen LogP contribution < -0.4 is 38.7 Å². The number of esters is 1. The maximum atomic E-state index is 11.7. The molecule has 0 aliphatic rings. The highest BCUT2D eigenvalue weighted by atomic mass is 16.5. The van der Waals surface area contributed by atoms with Gasteiger partial charge in [-0.2, -0.15) is 0 Å². The van der Waals surface area contributed by atoms with Crippen molar-refractivity contribution in [1.29, 1.82) is 0 Å². The zero-order chi connectivity index (χ0) is 25.2. The molecule has 1 unspecified atom stereocenters. The van der Waals surface area contributed by atoms with Gasteiger partial charge in [0.2, 0.25) is 5.91 Å². The number of pyridine rings is 1. The quantitative estimate of drug-likeness (QED) is 0.122. The molecule has 12 N–H and O–H groups in total. The van der Waals surface area contributed by atoms with E-state index in [-0.39, 0.29) is 24.8 Å². The number of amides is 1. The maximum absolute atomic E-state index is 11.7. The van der Waals surface area contributed by atoms with Crippen LogP contribution in [-0.4, -0.2) is 41.2 Å². The lowest BCUT2D eigenvalue weighted by molar-refractivity contribution is -0.135. The molecular weight excluding hydrogens is 426 g/mol. The highest BCUT2D eigenvalue weighted by Crippen LogP contribution is 2.20. The number of para-hydroxylation sites is 2. The molecule has 33 heavy (non-hydrogen) atoms. The molecule has 2 rings (SSSR count). The van der Waals surface area contributed by atoms with Gasteiger partial charge in [-0.1, -0.05) is 32.4 Å². The third-order valence-corrected chi connectivity index (χ3v) is 3.97. The number of carbonyl (C=O) groups is 2. The van der Waals surface area contributed by atoms with E-state index in [0.717, 1.165) is 12.8 Å². The second-order valence-electron chi connectivity index (χ2n) is 6.54. The van der Waals surface area contributed by atoms with Crippen molar-refractivity contribution in [2.75, 3.05) is 35.7 Å². The minimum Gasteiger partial charge on any atom is -0.424 e. The molecule has 0 aliphatic carbocycles. The number of benzene rings is 1. The molecule has 0 aliphatic heterocycles. The first-order valence-corrected chi connectivity index (χ1v) is 10.7. The summed E-state index contributed by atoms with van der Waals surface area (Å²) in [4.78, 5) is 26.6. The summed E-state index contributed by atoms with van der Waals surface area (Å²) in [5.41, 5.74) is 28.5. The largest absolute Gasteiger partial charge is 0.424 e.